The quantitative estimate of drug-likeness (QED) is 0.730. The van der Waals surface area contributed by atoms with Gasteiger partial charge in [-0.25, -0.2) is 0 Å². The maximum atomic E-state index is 9.08. The van der Waals surface area contributed by atoms with Crippen molar-refractivity contribution < 1.29 is 14.6 Å². The summed E-state index contributed by atoms with van der Waals surface area (Å²) in [7, 11) is 0. The van der Waals surface area contributed by atoms with Gasteiger partial charge in [0, 0.05) is 0 Å². The van der Waals surface area contributed by atoms with Crippen molar-refractivity contribution in [2.75, 3.05) is 6.61 Å². The molecular weight excluding hydrogens is 168 g/mol. The molecule has 0 radical (unpaired) electrons. The second-order valence-corrected chi connectivity index (χ2v) is 4.52. The van der Waals surface area contributed by atoms with E-state index in [1.807, 2.05) is 13.8 Å². The van der Waals surface area contributed by atoms with Gasteiger partial charge >= 0.3 is 0 Å². The van der Waals surface area contributed by atoms with Crippen LogP contribution in [-0.4, -0.2) is 29.7 Å². The highest BCUT2D eigenvalue weighted by molar-refractivity contribution is 4.81. The van der Waals surface area contributed by atoms with E-state index >= 15 is 0 Å². The van der Waals surface area contributed by atoms with Crippen molar-refractivity contribution in [1.29, 1.82) is 0 Å². The van der Waals surface area contributed by atoms with E-state index in [0.29, 0.717) is 5.92 Å². The molecule has 1 saturated heterocycles. The van der Waals surface area contributed by atoms with E-state index in [4.69, 9.17) is 14.6 Å². The largest absolute Gasteiger partial charge is 0.394 e. The van der Waals surface area contributed by atoms with Crippen LogP contribution in [0.1, 0.15) is 34.1 Å². The van der Waals surface area contributed by atoms with Crippen LogP contribution in [0.25, 0.3) is 0 Å². The standard InChI is InChI=1S/C10H20O3/c1-7(2)5-8-9(6-11)13-10(3,4)12-8/h7-9,11H,5-6H2,1-4H3/t8-,9+/m0/s1. The second kappa shape index (κ2) is 3.95. The van der Waals surface area contributed by atoms with Crippen LogP contribution < -0.4 is 0 Å². The fourth-order valence-electron chi connectivity index (χ4n) is 1.73. The highest BCUT2D eigenvalue weighted by Crippen LogP contribution is 2.31. The number of hydrogen-bond donors (Lipinski definition) is 1. The average molecular weight is 188 g/mol. The number of ether oxygens (including phenoxy) is 2. The molecule has 1 N–H and O–H groups in total. The van der Waals surface area contributed by atoms with Crippen LogP contribution in [0.3, 0.4) is 0 Å². The molecule has 1 fully saturated rings. The third-order valence-corrected chi connectivity index (χ3v) is 2.17. The summed E-state index contributed by atoms with van der Waals surface area (Å²) >= 11 is 0. The van der Waals surface area contributed by atoms with Crippen LogP contribution in [0.4, 0.5) is 0 Å². The summed E-state index contributed by atoms with van der Waals surface area (Å²) < 4.78 is 11.2. The zero-order chi connectivity index (χ0) is 10.1. The SMILES string of the molecule is CC(C)C[C@@H]1OC(C)(C)O[C@@H]1CO. The van der Waals surface area contributed by atoms with Gasteiger partial charge in [-0.15, -0.1) is 0 Å². The van der Waals surface area contributed by atoms with Crippen LogP contribution in [0, 0.1) is 5.92 Å². The van der Waals surface area contributed by atoms with Gasteiger partial charge in [0.2, 0.25) is 0 Å². The minimum absolute atomic E-state index is 0.0417. The van der Waals surface area contributed by atoms with E-state index in [2.05, 4.69) is 13.8 Å². The van der Waals surface area contributed by atoms with Gasteiger partial charge in [0.05, 0.1) is 12.7 Å². The number of aliphatic hydroxyl groups excluding tert-OH is 1. The molecule has 0 aromatic heterocycles. The fourth-order valence-corrected chi connectivity index (χ4v) is 1.73. The van der Waals surface area contributed by atoms with Gasteiger partial charge < -0.3 is 14.6 Å². The van der Waals surface area contributed by atoms with Crippen LogP contribution in [0.15, 0.2) is 0 Å². The molecule has 3 heteroatoms. The summed E-state index contributed by atoms with van der Waals surface area (Å²) in [5.74, 6) is 0.0315. The maximum Gasteiger partial charge on any atom is 0.163 e. The molecule has 0 bridgehead atoms. The third-order valence-electron chi connectivity index (χ3n) is 2.17. The molecule has 3 nitrogen and oxygen atoms in total. The monoisotopic (exact) mass is 188 g/mol. The molecule has 1 aliphatic heterocycles. The van der Waals surface area contributed by atoms with Gasteiger partial charge in [0.15, 0.2) is 5.79 Å². The molecule has 1 rings (SSSR count). The smallest absolute Gasteiger partial charge is 0.163 e. The van der Waals surface area contributed by atoms with Crippen LogP contribution in [0.2, 0.25) is 0 Å². The summed E-state index contributed by atoms with van der Waals surface area (Å²) in [6.07, 6.45) is 0.826. The normalized spacial score (nSPS) is 32.8. The molecule has 13 heavy (non-hydrogen) atoms. The average Bonchev–Trinajstić information content (AvgIpc) is 2.24. The van der Waals surface area contributed by atoms with E-state index in [9.17, 15) is 0 Å². The molecule has 0 saturated carbocycles. The Hall–Kier alpha value is -0.120. The topological polar surface area (TPSA) is 38.7 Å². The van der Waals surface area contributed by atoms with Gasteiger partial charge in [-0.3, -0.25) is 0 Å². The Balaban J connectivity index is 2.53. The highest BCUT2D eigenvalue weighted by atomic mass is 16.8. The van der Waals surface area contributed by atoms with Crippen LogP contribution >= 0.6 is 0 Å². The second-order valence-electron chi connectivity index (χ2n) is 4.52. The Morgan fingerprint density at radius 3 is 2.23 bits per heavy atom. The first-order chi connectivity index (χ1) is 5.94. The lowest BCUT2D eigenvalue weighted by Gasteiger charge is -2.17. The van der Waals surface area contributed by atoms with Gasteiger partial charge in [-0.1, -0.05) is 13.8 Å². The lowest BCUT2D eigenvalue weighted by atomic mass is 10.0. The highest BCUT2D eigenvalue weighted by Gasteiger charge is 2.40. The van der Waals surface area contributed by atoms with Gasteiger partial charge in [-0.2, -0.15) is 0 Å². The van der Waals surface area contributed by atoms with Crippen molar-refractivity contribution in [3.05, 3.63) is 0 Å². The van der Waals surface area contributed by atoms with Crippen molar-refractivity contribution in [1.82, 2.24) is 0 Å². The molecule has 0 unspecified atom stereocenters. The molecule has 78 valence electrons. The van der Waals surface area contributed by atoms with Crippen LogP contribution in [-0.2, 0) is 9.47 Å². The molecule has 2 atom stereocenters. The Labute approximate surface area is 80.0 Å². The number of aliphatic hydroxyl groups is 1. The lowest BCUT2D eigenvalue weighted by molar-refractivity contribution is -0.150. The molecule has 0 amide bonds. The summed E-state index contributed by atoms with van der Waals surface area (Å²) in [5.41, 5.74) is 0. The van der Waals surface area contributed by atoms with Crippen molar-refractivity contribution in [2.24, 2.45) is 5.92 Å². The zero-order valence-corrected chi connectivity index (χ0v) is 8.91. The Bertz CT molecular complexity index is 166. The van der Waals surface area contributed by atoms with Gasteiger partial charge in [0.1, 0.15) is 6.10 Å². The van der Waals surface area contributed by atoms with Crippen molar-refractivity contribution in [3.8, 4) is 0 Å². The Kier molecular flexibility index (Phi) is 3.33. The van der Waals surface area contributed by atoms with E-state index in [1.165, 1.54) is 0 Å². The van der Waals surface area contributed by atoms with Crippen molar-refractivity contribution in [2.45, 2.75) is 52.1 Å². The first-order valence-corrected chi connectivity index (χ1v) is 4.91. The van der Waals surface area contributed by atoms with E-state index in [0.717, 1.165) is 6.42 Å². The molecule has 0 aliphatic carbocycles. The van der Waals surface area contributed by atoms with E-state index in [1.54, 1.807) is 0 Å². The van der Waals surface area contributed by atoms with Crippen LogP contribution in [0.5, 0.6) is 0 Å². The molecule has 0 spiro atoms. The Morgan fingerprint density at radius 1 is 1.23 bits per heavy atom. The van der Waals surface area contributed by atoms with E-state index in [-0.39, 0.29) is 18.8 Å². The summed E-state index contributed by atoms with van der Waals surface area (Å²) in [6, 6.07) is 0. The first-order valence-electron chi connectivity index (χ1n) is 4.91. The molecule has 1 aliphatic rings. The predicted octanol–water partition coefficient (Wildman–Crippen LogP) is 1.54. The summed E-state index contributed by atoms with van der Waals surface area (Å²) in [4.78, 5) is 0. The zero-order valence-electron chi connectivity index (χ0n) is 8.91. The number of hydrogen-bond acceptors (Lipinski definition) is 3. The molecule has 0 aromatic carbocycles. The number of rotatable bonds is 3. The van der Waals surface area contributed by atoms with Gasteiger partial charge in [-0.05, 0) is 26.2 Å². The Morgan fingerprint density at radius 2 is 1.77 bits per heavy atom. The predicted molar refractivity (Wildman–Crippen MR) is 50.4 cm³/mol. The fraction of sp³-hybridized carbons (Fsp3) is 1.00. The van der Waals surface area contributed by atoms with Crippen molar-refractivity contribution in [3.63, 3.8) is 0 Å². The summed E-state index contributed by atoms with van der Waals surface area (Å²) in [6.45, 7) is 8.10. The molecule has 0 aromatic rings. The minimum Gasteiger partial charge on any atom is -0.394 e. The molecule has 1 heterocycles. The van der Waals surface area contributed by atoms with Crippen molar-refractivity contribution >= 4 is 0 Å². The summed E-state index contributed by atoms with van der Waals surface area (Å²) in [5, 5.41) is 9.08. The lowest BCUT2D eigenvalue weighted by Crippen LogP contribution is -2.27. The first kappa shape index (κ1) is 11.0. The minimum atomic E-state index is -0.535. The van der Waals surface area contributed by atoms with E-state index < -0.39 is 5.79 Å². The van der Waals surface area contributed by atoms with Gasteiger partial charge in [0.25, 0.3) is 0 Å². The maximum absolute atomic E-state index is 9.08. The molecular formula is C10H20O3. The third kappa shape index (κ3) is 2.93.